The summed E-state index contributed by atoms with van der Waals surface area (Å²) in [6, 6.07) is 9.57. The molecule has 2 aromatic carbocycles. The molecule has 2 aromatic rings. The van der Waals surface area contributed by atoms with Gasteiger partial charge in [-0.25, -0.2) is 8.78 Å². The first-order valence-electron chi connectivity index (χ1n) is 15.1. The van der Waals surface area contributed by atoms with Crippen LogP contribution in [0.4, 0.5) is 30.7 Å². The molecule has 0 heterocycles. The summed E-state index contributed by atoms with van der Waals surface area (Å²) in [5.74, 6) is -6.17. The fourth-order valence-electron chi connectivity index (χ4n) is 6.23. The fourth-order valence-corrected chi connectivity index (χ4v) is 6.23. The Kier molecular flexibility index (Phi) is 11.2. The van der Waals surface area contributed by atoms with Crippen molar-refractivity contribution in [3.05, 3.63) is 84.0 Å². The van der Waals surface area contributed by atoms with Crippen LogP contribution >= 0.6 is 0 Å². The zero-order valence-electron chi connectivity index (χ0n) is 24.2. The Morgan fingerprint density at radius 1 is 0.744 bits per heavy atom. The lowest BCUT2D eigenvalue weighted by atomic mass is 9.77. The number of rotatable bonds is 12. The first-order chi connectivity index (χ1) is 20.4. The lowest BCUT2D eigenvalue weighted by molar-refractivity contribution is -0.276. The average molecular weight is 613 g/mol. The van der Waals surface area contributed by atoms with E-state index >= 15 is 0 Å². The Hall–Kier alpha value is -2.97. The van der Waals surface area contributed by atoms with Gasteiger partial charge in [0, 0.05) is 12.1 Å². The van der Waals surface area contributed by atoms with Crippen LogP contribution in [0.15, 0.2) is 61.2 Å². The maximum absolute atomic E-state index is 14.8. The van der Waals surface area contributed by atoms with E-state index in [2.05, 4.69) is 52.5 Å². The number of aryl methyl sites for hydroxylation is 1. The van der Waals surface area contributed by atoms with Crippen molar-refractivity contribution in [3.63, 3.8) is 0 Å². The number of hydrogen-bond acceptors (Lipinski definition) is 2. The van der Waals surface area contributed by atoms with Gasteiger partial charge in [0.1, 0.15) is 5.75 Å². The van der Waals surface area contributed by atoms with Gasteiger partial charge >= 0.3 is 12.5 Å². The van der Waals surface area contributed by atoms with Gasteiger partial charge in [-0.15, -0.1) is 19.8 Å². The molecule has 0 spiro atoms. The third kappa shape index (κ3) is 9.77. The molecule has 0 aromatic heterocycles. The van der Waals surface area contributed by atoms with E-state index in [1.54, 1.807) is 0 Å². The largest absolute Gasteiger partial charge is 0.573 e. The number of halogens is 7. The van der Waals surface area contributed by atoms with Crippen LogP contribution in [-0.4, -0.2) is 12.5 Å². The number of benzene rings is 2. The van der Waals surface area contributed by atoms with Crippen LogP contribution in [0.1, 0.15) is 87.7 Å². The molecule has 0 aliphatic heterocycles. The highest BCUT2D eigenvalue weighted by atomic mass is 19.4. The summed E-state index contributed by atoms with van der Waals surface area (Å²) in [5.41, 5.74) is 2.77. The molecule has 4 rings (SSSR count). The summed E-state index contributed by atoms with van der Waals surface area (Å²) in [6.07, 6.45) is 7.53. The molecular weight excluding hydrogens is 573 g/mol. The predicted molar refractivity (Wildman–Crippen MR) is 152 cm³/mol. The number of hydrogen-bond donors (Lipinski definition) is 0. The normalized spacial score (nSPS) is 23.3. The first-order valence-corrected chi connectivity index (χ1v) is 15.1. The van der Waals surface area contributed by atoms with E-state index < -0.39 is 41.5 Å². The SMILES string of the molecule is C=CCCCCc1ccc(C2CCC(/C=C/C3CCC(C(F)(F)Oc4cc(F)c(OC(F)(F)F)c(F)c4)CC3)CC2)cc1. The average Bonchev–Trinajstić information content (AvgIpc) is 2.96. The summed E-state index contributed by atoms with van der Waals surface area (Å²) in [4.78, 5) is 0. The van der Waals surface area contributed by atoms with Crippen LogP contribution in [0.5, 0.6) is 11.5 Å². The van der Waals surface area contributed by atoms with Crippen LogP contribution in [0.25, 0.3) is 0 Å². The van der Waals surface area contributed by atoms with E-state index in [1.807, 2.05) is 6.08 Å². The van der Waals surface area contributed by atoms with Gasteiger partial charge in [0.2, 0.25) is 5.75 Å². The standard InChI is InChI=1S/C34H39F7O2/c1-2-3-4-5-6-23-9-15-26(16-10-23)27-17-11-24(12-18-27)7-8-25-13-19-28(20-14-25)33(37,38)42-29-21-30(35)32(31(36)22-29)43-34(39,40)41/h2,7-10,15-16,21-22,24-25,27-28H,1,3-6,11-14,17-20H2/b8-7+. The van der Waals surface area contributed by atoms with Crippen LogP contribution < -0.4 is 9.47 Å². The molecule has 2 fully saturated rings. The number of alkyl halides is 5. The molecule has 0 radical (unpaired) electrons. The summed E-state index contributed by atoms with van der Waals surface area (Å²) < 4.78 is 102. The predicted octanol–water partition coefficient (Wildman–Crippen LogP) is 11.1. The van der Waals surface area contributed by atoms with Crippen molar-refractivity contribution < 1.29 is 40.2 Å². The van der Waals surface area contributed by atoms with Crippen molar-refractivity contribution in [1.29, 1.82) is 0 Å². The number of ether oxygens (including phenoxy) is 2. The molecule has 0 N–H and O–H groups in total. The quantitative estimate of drug-likeness (QED) is 0.135. The van der Waals surface area contributed by atoms with Crippen LogP contribution in [-0.2, 0) is 6.42 Å². The lowest BCUT2D eigenvalue weighted by Crippen LogP contribution is -2.37. The van der Waals surface area contributed by atoms with E-state index in [4.69, 9.17) is 0 Å². The van der Waals surface area contributed by atoms with E-state index in [9.17, 15) is 30.7 Å². The molecule has 2 aliphatic rings. The monoisotopic (exact) mass is 612 g/mol. The van der Waals surface area contributed by atoms with Gasteiger partial charge in [-0.05, 0) is 106 Å². The molecule has 0 amide bonds. The van der Waals surface area contributed by atoms with Gasteiger partial charge in [-0.3, -0.25) is 0 Å². The maximum atomic E-state index is 14.8. The second-order valence-electron chi connectivity index (χ2n) is 11.8. The van der Waals surface area contributed by atoms with Gasteiger partial charge < -0.3 is 9.47 Å². The van der Waals surface area contributed by atoms with Gasteiger partial charge in [0.05, 0.1) is 5.92 Å². The Balaban J connectivity index is 1.20. The van der Waals surface area contributed by atoms with Crippen molar-refractivity contribution in [1.82, 2.24) is 0 Å². The van der Waals surface area contributed by atoms with E-state index in [1.165, 1.54) is 24.0 Å². The third-order valence-corrected chi connectivity index (χ3v) is 8.69. The van der Waals surface area contributed by atoms with Crippen LogP contribution in [0, 0.1) is 29.4 Å². The van der Waals surface area contributed by atoms with E-state index in [-0.39, 0.29) is 30.9 Å². The minimum absolute atomic E-state index is 0.152. The minimum Gasteiger partial charge on any atom is -0.432 e. The van der Waals surface area contributed by atoms with Crippen LogP contribution in [0.3, 0.4) is 0 Å². The second kappa shape index (κ2) is 14.7. The first kappa shape index (κ1) is 32.9. The summed E-state index contributed by atoms with van der Waals surface area (Å²) in [7, 11) is 0. The van der Waals surface area contributed by atoms with Crippen molar-refractivity contribution >= 4 is 0 Å². The van der Waals surface area contributed by atoms with Gasteiger partial charge in [0.25, 0.3) is 0 Å². The molecule has 43 heavy (non-hydrogen) atoms. The molecule has 0 atom stereocenters. The number of allylic oxidation sites excluding steroid dienone is 3. The minimum atomic E-state index is -5.33. The molecular formula is C34H39F7O2. The zero-order valence-corrected chi connectivity index (χ0v) is 24.2. The van der Waals surface area contributed by atoms with Crippen molar-refractivity contribution in [2.75, 3.05) is 0 Å². The van der Waals surface area contributed by atoms with E-state index in [0.717, 1.165) is 38.5 Å². The zero-order chi connectivity index (χ0) is 31.0. The topological polar surface area (TPSA) is 18.5 Å². The third-order valence-electron chi connectivity index (χ3n) is 8.69. The molecule has 236 valence electrons. The molecule has 2 nitrogen and oxygen atoms in total. The second-order valence-corrected chi connectivity index (χ2v) is 11.8. The van der Waals surface area contributed by atoms with E-state index in [0.29, 0.717) is 24.7 Å². The molecule has 0 saturated heterocycles. The van der Waals surface area contributed by atoms with Gasteiger partial charge in [-0.2, -0.15) is 8.78 Å². The summed E-state index contributed by atoms with van der Waals surface area (Å²) >= 11 is 0. The smallest absolute Gasteiger partial charge is 0.432 e. The van der Waals surface area contributed by atoms with Crippen molar-refractivity contribution in [2.45, 2.75) is 95.4 Å². The highest BCUT2D eigenvalue weighted by Gasteiger charge is 2.44. The molecule has 9 heteroatoms. The summed E-state index contributed by atoms with van der Waals surface area (Å²) in [6.45, 7) is 3.77. The molecule has 0 unspecified atom stereocenters. The molecule has 2 aliphatic carbocycles. The van der Waals surface area contributed by atoms with Crippen LogP contribution in [0.2, 0.25) is 0 Å². The summed E-state index contributed by atoms with van der Waals surface area (Å²) in [5, 5.41) is 0. The number of unbranched alkanes of at least 4 members (excludes halogenated alkanes) is 2. The Labute approximate surface area is 249 Å². The molecule has 2 saturated carbocycles. The van der Waals surface area contributed by atoms with Crippen molar-refractivity contribution in [2.24, 2.45) is 17.8 Å². The van der Waals surface area contributed by atoms with Gasteiger partial charge in [0.15, 0.2) is 11.6 Å². The Bertz CT molecular complexity index is 1180. The van der Waals surface area contributed by atoms with Crippen molar-refractivity contribution in [3.8, 4) is 11.5 Å². The van der Waals surface area contributed by atoms with Gasteiger partial charge in [-0.1, -0.05) is 42.5 Å². The Morgan fingerprint density at radius 2 is 1.30 bits per heavy atom. The fraction of sp³-hybridized carbons (Fsp3) is 0.529. The highest BCUT2D eigenvalue weighted by Crippen LogP contribution is 2.42. The lowest BCUT2D eigenvalue weighted by Gasteiger charge is -2.33. The maximum Gasteiger partial charge on any atom is 0.573 e. The highest BCUT2D eigenvalue weighted by molar-refractivity contribution is 5.35. The molecule has 0 bridgehead atoms. The Morgan fingerprint density at radius 3 is 1.84 bits per heavy atom.